The molecule has 1 aromatic heterocycles. The Labute approximate surface area is 368 Å². The quantitative estimate of drug-likeness (QED) is 0.0391. The van der Waals surface area contributed by atoms with Crippen LogP contribution in [0, 0.1) is 11.3 Å². The predicted octanol–water partition coefficient (Wildman–Crippen LogP) is 8.52. The van der Waals surface area contributed by atoms with Crippen LogP contribution in [0.5, 0.6) is 17.2 Å². The average molecular weight is 891 g/mol. The van der Waals surface area contributed by atoms with Crippen molar-refractivity contribution in [2.75, 3.05) is 34.5 Å². The lowest BCUT2D eigenvalue weighted by Gasteiger charge is -2.42. The predicted molar refractivity (Wildman–Crippen MR) is 242 cm³/mol. The molecule has 4 aromatic rings. The van der Waals surface area contributed by atoms with Gasteiger partial charge < -0.3 is 37.2 Å². The number of nitriles is 1. The minimum Gasteiger partial charge on any atom is -0.497 e. The van der Waals surface area contributed by atoms with Crippen molar-refractivity contribution in [3.05, 3.63) is 123 Å². The number of aromatic nitrogens is 2. The van der Waals surface area contributed by atoms with Gasteiger partial charge in [0.05, 0.1) is 53.2 Å². The summed E-state index contributed by atoms with van der Waals surface area (Å²) < 4.78 is 55.5. The van der Waals surface area contributed by atoms with E-state index in [1.807, 2.05) is 78.9 Å². The number of H-pyrrole nitrogens is 1. The van der Waals surface area contributed by atoms with Crippen molar-refractivity contribution >= 4 is 16.8 Å². The van der Waals surface area contributed by atoms with E-state index < -0.39 is 58.2 Å². The molecule has 0 aliphatic carbocycles. The lowest BCUT2D eigenvalue weighted by atomic mass is 9.80. The van der Waals surface area contributed by atoms with Crippen molar-refractivity contribution in [2.24, 2.45) is 0 Å². The second kappa shape index (κ2) is 20.9. The molecule has 2 heterocycles. The molecule has 0 bridgehead atoms. The van der Waals surface area contributed by atoms with E-state index in [0.29, 0.717) is 11.5 Å². The largest absolute Gasteiger partial charge is 0.497 e. The number of hydrogen-bond acceptors (Lipinski definition) is 12. The summed E-state index contributed by atoms with van der Waals surface area (Å²) in [7, 11) is 0.0629. The fraction of sp³-hybridized carbons (Fsp3) is 0.500. The van der Waals surface area contributed by atoms with E-state index in [4.69, 9.17) is 37.2 Å². The lowest BCUT2D eigenvalue weighted by molar-refractivity contribution is -0.0944. The number of hydrogen-bond donors (Lipinski definition) is 1. The van der Waals surface area contributed by atoms with E-state index in [1.165, 1.54) is 17.9 Å². The van der Waals surface area contributed by atoms with Crippen molar-refractivity contribution in [2.45, 2.75) is 115 Å². The molecule has 0 amide bonds. The summed E-state index contributed by atoms with van der Waals surface area (Å²) in [6.45, 7) is 18.9. The Balaban J connectivity index is 1.76. The average Bonchev–Trinajstić information content (AvgIpc) is 3.56. The Bertz CT molecular complexity index is 2150. The Hall–Kier alpha value is -4.36. The molecule has 0 saturated carbocycles. The van der Waals surface area contributed by atoms with Gasteiger partial charge in [-0.25, -0.2) is 9.46 Å². The second-order valence-corrected chi connectivity index (χ2v) is 23.4. The molecule has 62 heavy (non-hydrogen) atoms. The van der Waals surface area contributed by atoms with Crippen molar-refractivity contribution in [3.8, 4) is 23.3 Å². The second-order valence-electron chi connectivity index (χ2n) is 17.2. The molecule has 336 valence electrons. The molecule has 1 aliphatic rings. The number of nitrogens with zero attached hydrogens (tertiary/aromatic N) is 3. The van der Waals surface area contributed by atoms with Gasteiger partial charge in [-0.1, -0.05) is 75.4 Å². The fourth-order valence-electron chi connectivity index (χ4n) is 7.32. The molecule has 16 heteroatoms. The Morgan fingerprint density at radius 2 is 1.39 bits per heavy atom. The molecule has 1 saturated heterocycles. The monoisotopic (exact) mass is 890 g/mol. The molecule has 0 radical (unpaired) electrons. The summed E-state index contributed by atoms with van der Waals surface area (Å²) in [6.07, 6.45) is -2.34. The molecule has 5 atom stereocenters. The Kier molecular flexibility index (Phi) is 16.4. The highest BCUT2D eigenvalue weighted by molar-refractivity contribution is 7.44. The number of rotatable bonds is 20. The number of nitrogens with one attached hydrogen (secondary N) is 1. The van der Waals surface area contributed by atoms with Gasteiger partial charge in [0.15, 0.2) is 14.5 Å². The Morgan fingerprint density at radius 1 is 0.839 bits per heavy atom. The van der Waals surface area contributed by atoms with Gasteiger partial charge in [0.1, 0.15) is 35.4 Å². The molecule has 14 nitrogen and oxygen atoms in total. The zero-order valence-corrected chi connectivity index (χ0v) is 39.9. The first-order valence-electron chi connectivity index (χ1n) is 20.9. The normalized spacial score (nSPS) is 18.9. The van der Waals surface area contributed by atoms with E-state index in [1.54, 1.807) is 14.2 Å². The zero-order chi connectivity index (χ0) is 45.4. The van der Waals surface area contributed by atoms with Gasteiger partial charge in [-0.2, -0.15) is 5.26 Å². The standard InChI is InChI=1S/C46H63N4O10PSi/c1-31(2)50(32(3)4)61(57-28-16-27-47)59-40-39(58-43(41(40)60-62(11,12)45(5,6)7)49-29-38(55-10)42(51)48-44(49)52)30-56-46(33-17-14-13-15-18-33,34-19-23-36(53-8)24-20-34)35-21-25-37(54-9)26-22-35/h13-15,17-26,29,31-32,39-41,43H,16,28,30H2,1-12H3,(H,48,51,52)/t39-,40-,41-,43-,61?/m1/s1. The zero-order valence-electron chi connectivity index (χ0n) is 38.0. The van der Waals surface area contributed by atoms with Crippen molar-refractivity contribution in [3.63, 3.8) is 0 Å². The third kappa shape index (κ3) is 10.7. The minimum atomic E-state index is -2.69. The van der Waals surface area contributed by atoms with Crippen LogP contribution >= 0.6 is 8.53 Å². The van der Waals surface area contributed by atoms with E-state index in [9.17, 15) is 14.9 Å². The number of aromatic amines is 1. The molecule has 3 aromatic carbocycles. The molecule has 1 unspecified atom stereocenters. The number of benzene rings is 3. The SMILES string of the molecule is COc1ccc(C(OC[C@H]2O[C@@H](n3cc(OC)c(=O)[nH]c3=O)[C@H](O[Si](C)(C)C(C)(C)C)[C@@H]2OP(OCCC#N)N(C(C)C)C(C)C)(c2ccccc2)c2ccc(OC)cc2)cc1. The fourth-order valence-corrected chi connectivity index (χ4v) is 10.4. The summed E-state index contributed by atoms with van der Waals surface area (Å²) in [6, 6.07) is 27.5. The summed E-state index contributed by atoms with van der Waals surface area (Å²) >= 11 is 0. The van der Waals surface area contributed by atoms with Crippen molar-refractivity contribution in [1.29, 1.82) is 5.26 Å². The molecule has 5 rings (SSSR count). The first-order valence-corrected chi connectivity index (χ1v) is 24.9. The van der Waals surface area contributed by atoms with Gasteiger partial charge in [0.2, 0.25) is 5.75 Å². The van der Waals surface area contributed by atoms with Gasteiger partial charge in [0.25, 0.3) is 14.1 Å². The maximum Gasteiger partial charge on any atom is 0.330 e. The molecule has 1 N–H and O–H groups in total. The summed E-state index contributed by atoms with van der Waals surface area (Å²) in [5, 5.41) is 9.26. The van der Waals surface area contributed by atoms with E-state index in [0.717, 1.165) is 16.7 Å². The van der Waals surface area contributed by atoms with E-state index in [2.05, 4.69) is 77.3 Å². The van der Waals surface area contributed by atoms with E-state index >= 15 is 0 Å². The topological polar surface area (TPSA) is 156 Å². The third-order valence-corrected chi connectivity index (χ3v) is 18.1. The highest BCUT2D eigenvalue weighted by atomic mass is 31.2. The Morgan fingerprint density at radius 3 is 1.87 bits per heavy atom. The van der Waals surface area contributed by atoms with Gasteiger partial charge in [-0.3, -0.25) is 14.3 Å². The smallest absolute Gasteiger partial charge is 0.330 e. The summed E-state index contributed by atoms with van der Waals surface area (Å²) in [5.41, 5.74) is -0.151. The first kappa shape index (κ1) is 48.7. The van der Waals surface area contributed by atoms with Crippen LogP contribution < -0.4 is 25.5 Å². The lowest BCUT2D eigenvalue weighted by Crippen LogP contribution is -2.50. The van der Waals surface area contributed by atoms with Gasteiger partial charge in [-0.15, -0.1) is 0 Å². The van der Waals surface area contributed by atoms with Crippen LogP contribution in [-0.4, -0.2) is 87.5 Å². The van der Waals surface area contributed by atoms with Gasteiger partial charge >= 0.3 is 5.69 Å². The summed E-state index contributed by atoms with van der Waals surface area (Å²) in [4.78, 5) is 29.1. The van der Waals surface area contributed by atoms with Crippen molar-refractivity contribution < 1.29 is 37.2 Å². The molecular weight excluding hydrogens is 828 g/mol. The molecule has 0 spiro atoms. The van der Waals surface area contributed by atoms with Crippen LogP contribution in [-0.2, 0) is 28.5 Å². The first-order chi connectivity index (χ1) is 29.4. The van der Waals surface area contributed by atoms with Crippen LogP contribution in [0.25, 0.3) is 0 Å². The van der Waals surface area contributed by atoms with Gasteiger partial charge in [-0.05, 0) is 86.8 Å². The maximum absolute atomic E-state index is 13.9. The number of methoxy groups -OCH3 is 3. The summed E-state index contributed by atoms with van der Waals surface area (Å²) in [5.74, 6) is 1.28. The van der Waals surface area contributed by atoms with Gasteiger partial charge in [0, 0.05) is 12.1 Å². The van der Waals surface area contributed by atoms with Crippen molar-refractivity contribution in [1.82, 2.24) is 14.2 Å². The highest BCUT2D eigenvalue weighted by Gasteiger charge is 2.54. The minimum absolute atomic E-state index is 0.0160. The van der Waals surface area contributed by atoms with Crippen LogP contribution in [0.15, 0.2) is 94.6 Å². The maximum atomic E-state index is 13.9. The molecular formula is C46H63N4O10PSi. The molecule has 1 fully saturated rings. The highest BCUT2D eigenvalue weighted by Crippen LogP contribution is 2.52. The molecule has 1 aliphatic heterocycles. The van der Waals surface area contributed by atoms with E-state index in [-0.39, 0.29) is 42.5 Å². The van der Waals surface area contributed by atoms with Crippen LogP contribution in [0.4, 0.5) is 0 Å². The van der Waals surface area contributed by atoms with Crippen LogP contribution in [0.1, 0.15) is 77.8 Å². The van der Waals surface area contributed by atoms with Crippen LogP contribution in [0.3, 0.4) is 0 Å². The third-order valence-electron chi connectivity index (χ3n) is 11.5. The van der Waals surface area contributed by atoms with Crippen LogP contribution in [0.2, 0.25) is 18.1 Å². The number of ether oxygens (including phenoxy) is 5.